The van der Waals surface area contributed by atoms with Gasteiger partial charge in [-0.2, -0.15) is 0 Å². The molecule has 0 aliphatic rings. The number of carboxylic acids is 1. The quantitative estimate of drug-likeness (QED) is 0.805. The predicted molar refractivity (Wildman–Crippen MR) is 55.3 cm³/mol. The van der Waals surface area contributed by atoms with E-state index in [-0.39, 0.29) is 6.61 Å². The molecule has 0 radical (unpaired) electrons. The van der Waals surface area contributed by atoms with Crippen LogP contribution in [0.5, 0.6) is 0 Å². The van der Waals surface area contributed by atoms with Gasteiger partial charge < -0.3 is 9.84 Å². The van der Waals surface area contributed by atoms with Crippen molar-refractivity contribution in [3.05, 3.63) is 35.9 Å². The minimum Gasteiger partial charge on any atom is -0.480 e. The average Bonchev–Trinajstić information content (AvgIpc) is 2.17. The van der Waals surface area contributed by atoms with Gasteiger partial charge in [-0.15, -0.1) is 0 Å². The second kappa shape index (κ2) is 8.26. The Bertz CT molecular complexity index is 244. The van der Waals surface area contributed by atoms with E-state index < -0.39 is 5.97 Å². The molecule has 0 unspecified atom stereocenters. The van der Waals surface area contributed by atoms with Crippen LogP contribution < -0.4 is 0 Å². The number of hydrogen-bond donors (Lipinski definition) is 1. The first-order valence-corrected chi connectivity index (χ1v) is 4.48. The normalized spacial score (nSPS) is 8.71. The monoisotopic (exact) mass is 196 g/mol. The summed E-state index contributed by atoms with van der Waals surface area (Å²) in [5.74, 6) is -0.915. The maximum Gasteiger partial charge on any atom is 0.329 e. The molecular weight excluding hydrogens is 180 g/mol. The van der Waals surface area contributed by atoms with E-state index in [1.54, 1.807) is 6.92 Å². The molecule has 0 aliphatic carbocycles. The largest absolute Gasteiger partial charge is 0.480 e. The molecule has 0 amide bonds. The highest BCUT2D eigenvalue weighted by atomic mass is 16.5. The summed E-state index contributed by atoms with van der Waals surface area (Å²) >= 11 is 0. The zero-order valence-electron chi connectivity index (χ0n) is 8.56. The molecule has 1 N–H and O–H groups in total. The summed E-state index contributed by atoms with van der Waals surface area (Å²) in [5, 5.41) is 7.92. The van der Waals surface area contributed by atoms with E-state index in [1.807, 2.05) is 18.2 Å². The summed E-state index contributed by atoms with van der Waals surface area (Å²) in [6.07, 6.45) is 0. The van der Waals surface area contributed by atoms with Crippen molar-refractivity contribution in [1.82, 2.24) is 0 Å². The molecule has 0 fully saturated rings. The van der Waals surface area contributed by atoms with Crippen LogP contribution in [0.4, 0.5) is 0 Å². The van der Waals surface area contributed by atoms with E-state index in [0.29, 0.717) is 6.61 Å². The lowest BCUT2D eigenvalue weighted by molar-refractivity contribution is -0.142. The minimum atomic E-state index is -0.915. The molecule has 0 spiro atoms. The van der Waals surface area contributed by atoms with Crippen molar-refractivity contribution in [2.75, 3.05) is 13.2 Å². The Morgan fingerprint density at radius 2 is 1.93 bits per heavy atom. The fourth-order valence-corrected chi connectivity index (χ4v) is 0.724. The first-order chi connectivity index (χ1) is 6.66. The number of ether oxygens (including phenoxy) is 1. The molecule has 1 aromatic carbocycles. The zero-order valence-corrected chi connectivity index (χ0v) is 8.56. The minimum absolute atomic E-state index is 0.184. The molecule has 1 aromatic rings. The van der Waals surface area contributed by atoms with Crippen LogP contribution in [0.2, 0.25) is 0 Å². The average molecular weight is 196 g/mol. The van der Waals surface area contributed by atoms with Crippen molar-refractivity contribution in [2.45, 2.75) is 13.8 Å². The second-order valence-electron chi connectivity index (χ2n) is 2.69. The third kappa shape index (κ3) is 8.74. The first kappa shape index (κ1) is 12.7. The Balaban J connectivity index is 0.000000241. The smallest absolute Gasteiger partial charge is 0.329 e. The van der Waals surface area contributed by atoms with Gasteiger partial charge in [-0.25, -0.2) is 4.79 Å². The topological polar surface area (TPSA) is 46.5 Å². The summed E-state index contributed by atoms with van der Waals surface area (Å²) in [6.45, 7) is 4.12. The number of rotatable bonds is 3. The Hall–Kier alpha value is -1.35. The van der Waals surface area contributed by atoms with Gasteiger partial charge >= 0.3 is 5.97 Å². The second-order valence-corrected chi connectivity index (χ2v) is 2.69. The van der Waals surface area contributed by atoms with Crippen LogP contribution in [0.15, 0.2) is 30.3 Å². The van der Waals surface area contributed by atoms with Crippen LogP contribution in [0.1, 0.15) is 12.5 Å². The molecule has 0 bridgehead atoms. The van der Waals surface area contributed by atoms with Crippen LogP contribution in [0.25, 0.3) is 0 Å². The summed E-state index contributed by atoms with van der Waals surface area (Å²) < 4.78 is 4.50. The van der Waals surface area contributed by atoms with Crippen LogP contribution in [-0.2, 0) is 9.53 Å². The molecule has 14 heavy (non-hydrogen) atoms. The summed E-state index contributed by atoms with van der Waals surface area (Å²) in [6, 6.07) is 10.3. The van der Waals surface area contributed by atoms with Gasteiger partial charge in [0.25, 0.3) is 0 Å². The summed E-state index contributed by atoms with van der Waals surface area (Å²) in [5.41, 5.74) is 1.32. The van der Waals surface area contributed by atoms with Gasteiger partial charge in [0.05, 0.1) is 0 Å². The third-order valence-electron chi connectivity index (χ3n) is 1.37. The van der Waals surface area contributed by atoms with E-state index in [0.717, 1.165) is 0 Å². The van der Waals surface area contributed by atoms with Crippen molar-refractivity contribution in [2.24, 2.45) is 0 Å². The van der Waals surface area contributed by atoms with Crippen LogP contribution in [-0.4, -0.2) is 24.3 Å². The van der Waals surface area contributed by atoms with Gasteiger partial charge in [0.2, 0.25) is 0 Å². The lowest BCUT2D eigenvalue weighted by atomic mass is 10.2. The standard InChI is InChI=1S/C7H8.C4H8O3/c1-7-5-3-2-4-6-7;1-2-7-3-4(5)6/h2-6H,1H3;2-3H2,1H3,(H,5,6). The van der Waals surface area contributed by atoms with Crippen molar-refractivity contribution in [3.8, 4) is 0 Å². The molecule has 0 atom stereocenters. The van der Waals surface area contributed by atoms with Crippen molar-refractivity contribution < 1.29 is 14.6 Å². The van der Waals surface area contributed by atoms with Gasteiger partial charge in [-0.05, 0) is 13.8 Å². The number of hydrogen-bond acceptors (Lipinski definition) is 2. The van der Waals surface area contributed by atoms with Crippen LogP contribution >= 0.6 is 0 Å². The van der Waals surface area contributed by atoms with Crippen molar-refractivity contribution in [3.63, 3.8) is 0 Å². The number of aryl methyl sites for hydroxylation is 1. The molecule has 0 heterocycles. The SMILES string of the molecule is CCOCC(=O)O.Cc1ccccc1. The summed E-state index contributed by atoms with van der Waals surface area (Å²) in [7, 11) is 0. The van der Waals surface area contributed by atoms with E-state index in [2.05, 4.69) is 23.8 Å². The molecule has 0 aromatic heterocycles. The van der Waals surface area contributed by atoms with Gasteiger partial charge in [-0.1, -0.05) is 35.9 Å². The molecule has 78 valence electrons. The Kier molecular flexibility index (Phi) is 7.46. The highest BCUT2D eigenvalue weighted by Gasteiger charge is 1.90. The lowest BCUT2D eigenvalue weighted by Crippen LogP contribution is -2.05. The molecule has 0 aliphatic heterocycles. The van der Waals surface area contributed by atoms with Crippen LogP contribution in [0.3, 0.4) is 0 Å². The number of aliphatic carboxylic acids is 1. The molecule has 0 saturated carbocycles. The van der Waals surface area contributed by atoms with E-state index in [1.165, 1.54) is 5.56 Å². The maximum absolute atomic E-state index is 9.63. The highest BCUT2D eigenvalue weighted by Crippen LogP contribution is 1.92. The molecule has 3 heteroatoms. The number of carbonyl (C=O) groups is 1. The number of benzene rings is 1. The molecule has 3 nitrogen and oxygen atoms in total. The van der Waals surface area contributed by atoms with Gasteiger partial charge in [0, 0.05) is 6.61 Å². The Labute approximate surface area is 84.3 Å². The predicted octanol–water partition coefficient (Wildman–Crippen LogP) is 2.10. The summed E-state index contributed by atoms with van der Waals surface area (Å²) in [4.78, 5) is 9.63. The molecule has 1 rings (SSSR count). The molecule has 0 saturated heterocycles. The van der Waals surface area contributed by atoms with E-state index in [4.69, 9.17) is 5.11 Å². The van der Waals surface area contributed by atoms with Crippen LogP contribution in [0, 0.1) is 6.92 Å². The Morgan fingerprint density at radius 1 is 1.36 bits per heavy atom. The third-order valence-corrected chi connectivity index (χ3v) is 1.37. The zero-order chi connectivity index (χ0) is 10.8. The maximum atomic E-state index is 9.63. The van der Waals surface area contributed by atoms with Gasteiger partial charge in [-0.3, -0.25) is 0 Å². The first-order valence-electron chi connectivity index (χ1n) is 4.48. The van der Waals surface area contributed by atoms with Gasteiger partial charge in [0.15, 0.2) is 0 Å². The fourth-order valence-electron chi connectivity index (χ4n) is 0.724. The highest BCUT2D eigenvalue weighted by molar-refractivity contribution is 5.67. The van der Waals surface area contributed by atoms with E-state index >= 15 is 0 Å². The fraction of sp³-hybridized carbons (Fsp3) is 0.364. The number of carboxylic acid groups (broad SMARTS) is 1. The van der Waals surface area contributed by atoms with Gasteiger partial charge in [0.1, 0.15) is 6.61 Å². The molecular formula is C11H16O3. The van der Waals surface area contributed by atoms with E-state index in [9.17, 15) is 4.79 Å². The van der Waals surface area contributed by atoms with Crippen molar-refractivity contribution in [1.29, 1.82) is 0 Å². The lowest BCUT2D eigenvalue weighted by Gasteiger charge is -1.90. The van der Waals surface area contributed by atoms with Crippen molar-refractivity contribution >= 4 is 5.97 Å². The Morgan fingerprint density at radius 3 is 2.14 bits per heavy atom.